The Morgan fingerprint density at radius 1 is 1.47 bits per heavy atom. The second kappa shape index (κ2) is 6.33. The van der Waals surface area contributed by atoms with Gasteiger partial charge in [0, 0.05) is 11.9 Å². The number of aromatic nitrogens is 1. The third-order valence-electron chi connectivity index (χ3n) is 2.94. The highest BCUT2D eigenvalue weighted by Gasteiger charge is 2.12. The van der Waals surface area contributed by atoms with E-state index in [9.17, 15) is 9.90 Å². The van der Waals surface area contributed by atoms with Gasteiger partial charge in [0.25, 0.3) is 0 Å². The molecule has 0 aliphatic heterocycles. The number of carbonyl (C=O) groups is 1. The van der Waals surface area contributed by atoms with Crippen molar-refractivity contribution in [2.24, 2.45) is 0 Å². The minimum Gasteiger partial charge on any atom is -0.391 e. The van der Waals surface area contributed by atoms with Gasteiger partial charge in [-0.2, -0.15) is 0 Å². The highest BCUT2D eigenvalue weighted by Crippen LogP contribution is 2.17. The molecule has 0 saturated heterocycles. The van der Waals surface area contributed by atoms with E-state index in [2.05, 4.69) is 10.5 Å². The fraction of sp³-hybridized carbons (Fsp3) is 0.429. The van der Waals surface area contributed by atoms with E-state index in [0.717, 1.165) is 11.8 Å². The lowest BCUT2D eigenvalue weighted by Crippen LogP contribution is -2.33. The van der Waals surface area contributed by atoms with Gasteiger partial charge in [-0.05, 0) is 18.6 Å². The van der Waals surface area contributed by atoms with Crippen molar-refractivity contribution in [2.75, 3.05) is 6.54 Å². The molecule has 1 unspecified atom stereocenters. The lowest BCUT2D eigenvalue weighted by molar-refractivity contribution is -0.121. The summed E-state index contributed by atoms with van der Waals surface area (Å²) in [5.41, 5.74) is 1.30. The number of rotatable bonds is 6. The van der Waals surface area contributed by atoms with E-state index in [1.807, 2.05) is 31.2 Å². The number of benzene rings is 1. The Balaban J connectivity index is 1.92. The SMILES string of the molecule is CCCC(O)CNC(=O)Cc1noc2ccccc12. The average Bonchev–Trinajstić information content (AvgIpc) is 2.80. The summed E-state index contributed by atoms with van der Waals surface area (Å²) >= 11 is 0. The van der Waals surface area contributed by atoms with Gasteiger partial charge >= 0.3 is 0 Å². The number of aliphatic hydroxyl groups is 1. The third kappa shape index (κ3) is 3.54. The van der Waals surface area contributed by atoms with Crippen LogP contribution in [-0.4, -0.2) is 28.8 Å². The molecule has 19 heavy (non-hydrogen) atoms. The molecule has 2 rings (SSSR count). The molecular weight excluding hydrogens is 244 g/mol. The molecule has 0 aliphatic rings. The van der Waals surface area contributed by atoms with Gasteiger partial charge in [-0.15, -0.1) is 0 Å². The summed E-state index contributed by atoms with van der Waals surface area (Å²) in [6.07, 6.45) is 1.26. The molecule has 2 aromatic rings. The number of para-hydroxylation sites is 1. The van der Waals surface area contributed by atoms with E-state index in [-0.39, 0.29) is 18.9 Å². The molecule has 0 aliphatic carbocycles. The van der Waals surface area contributed by atoms with Gasteiger partial charge in [-0.3, -0.25) is 4.79 Å². The predicted octanol–water partition coefficient (Wildman–Crippen LogP) is 1.65. The zero-order valence-corrected chi connectivity index (χ0v) is 10.9. The second-order valence-electron chi connectivity index (χ2n) is 4.55. The number of amides is 1. The number of nitrogens with zero attached hydrogens (tertiary/aromatic N) is 1. The normalized spacial score (nSPS) is 12.5. The van der Waals surface area contributed by atoms with Crippen LogP contribution in [0.15, 0.2) is 28.8 Å². The molecule has 2 N–H and O–H groups in total. The monoisotopic (exact) mass is 262 g/mol. The predicted molar refractivity (Wildman–Crippen MR) is 71.6 cm³/mol. The van der Waals surface area contributed by atoms with Crippen LogP contribution in [0.3, 0.4) is 0 Å². The number of nitrogens with one attached hydrogen (secondary N) is 1. The van der Waals surface area contributed by atoms with Crippen LogP contribution in [0.1, 0.15) is 25.5 Å². The van der Waals surface area contributed by atoms with Gasteiger partial charge in [0.15, 0.2) is 5.58 Å². The fourth-order valence-electron chi connectivity index (χ4n) is 1.95. The summed E-state index contributed by atoms with van der Waals surface area (Å²) in [6.45, 7) is 2.27. The Kier molecular flexibility index (Phi) is 4.52. The molecule has 1 atom stereocenters. The lowest BCUT2D eigenvalue weighted by atomic mass is 10.1. The largest absolute Gasteiger partial charge is 0.391 e. The van der Waals surface area contributed by atoms with Crippen molar-refractivity contribution >= 4 is 16.9 Å². The molecule has 1 heterocycles. The molecule has 5 nitrogen and oxygen atoms in total. The molecule has 102 valence electrons. The van der Waals surface area contributed by atoms with Crippen LogP contribution in [0, 0.1) is 0 Å². The quantitative estimate of drug-likeness (QED) is 0.830. The number of hydrogen-bond acceptors (Lipinski definition) is 4. The van der Waals surface area contributed by atoms with Crippen molar-refractivity contribution in [3.8, 4) is 0 Å². The maximum Gasteiger partial charge on any atom is 0.226 e. The molecule has 5 heteroatoms. The molecule has 0 bridgehead atoms. The Hall–Kier alpha value is -1.88. The number of carbonyl (C=O) groups excluding carboxylic acids is 1. The molecule has 0 spiro atoms. The first-order chi connectivity index (χ1) is 9.20. The zero-order chi connectivity index (χ0) is 13.7. The van der Waals surface area contributed by atoms with Crippen LogP contribution in [0.5, 0.6) is 0 Å². The first-order valence-corrected chi connectivity index (χ1v) is 6.48. The van der Waals surface area contributed by atoms with Crippen molar-refractivity contribution in [3.63, 3.8) is 0 Å². The van der Waals surface area contributed by atoms with E-state index in [4.69, 9.17) is 4.52 Å². The average molecular weight is 262 g/mol. The number of aliphatic hydroxyl groups excluding tert-OH is 1. The minimum absolute atomic E-state index is 0.158. The summed E-state index contributed by atoms with van der Waals surface area (Å²) in [6, 6.07) is 7.43. The van der Waals surface area contributed by atoms with Gasteiger partial charge in [-0.25, -0.2) is 0 Å². The van der Waals surface area contributed by atoms with Crippen molar-refractivity contribution < 1.29 is 14.4 Å². The van der Waals surface area contributed by atoms with Crippen LogP contribution in [0.25, 0.3) is 11.0 Å². The van der Waals surface area contributed by atoms with Crippen LogP contribution in [-0.2, 0) is 11.2 Å². The summed E-state index contributed by atoms with van der Waals surface area (Å²) < 4.78 is 5.13. The Labute approximate surface area is 111 Å². The Morgan fingerprint density at radius 3 is 3.05 bits per heavy atom. The van der Waals surface area contributed by atoms with Crippen molar-refractivity contribution in [2.45, 2.75) is 32.3 Å². The van der Waals surface area contributed by atoms with Gasteiger partial charge in [0.2, 0.25) is 5.91 Å². The molecule has 0 saturated carbocycles. The first kappa shape index (κ1) is 13.5. The van der Waals surface area contributed by atoms with E-state index >= 15 is 0 Å². The van der Waals surface area contributed by atoms with Gasteiger partial charge in [-0.1, -0.05) is 30.6 Å². The minimum atomic E-state index is -0.483. The summed E-state index contributed by atoms with van der Waals surface area (Å²) in [5.74, 6) is -0.158. The van der Waals surface area contributed by atoms with Gasteiger partial charge in [0.1, 0.15) is 5.69 Å². The number of fused-ring (bicyclic) bond motifs is 1. The van der Waals surface area contributed by atoms with Gasteiger partial charge in [0.05, 0.1) is 12.5 Å². The maximum atomic E-state index is 11.8. The Bertz CT molecular complexity index is 550. The third-order valence-corrected chi connectivity index (χ3v) is 2.94. The molecule has 0 fully saturated rings. The molecule has 1 amide bonds. The number of hydrogen-bond donors (Lipinski definition) is 2. The smallest absolute Gasteiger partial charge is 0.226 e. The van der Waals surface area contributed by atoms with Crippen molar-refractivity contribution in [1.29, 1.82) is 0 Å². The van der Waals surface area contributed by atoms with Crippen LogP contribution >= 0.6 is 0 Å². The van der Waals surface area contributed by atoms with Gasteiger partial charge < -0.3 is 14.9 Å². The van der Waals surface area contributed by atoms with Crippen molar-refractivity contribution in [1.82, 2.24) is 10.5 Å². The van der Waals surface area contributed by atoms with E-state index in [1.165, 1.54) is 0 Å². The van der Waals surface area contributed by atoms with Crippen LogP contribution in [0.2, 0.25) is 0 Å². The van der Waals surface area contributed by atoms with Crippen LogP contribution in [0.4, 0.5) is 0 Å². The zero-order valence-electron chi connectivity index (χ0n) is 10.9. The Morgan fingerprint density at radius 2 is 2.26 bits per heavy atom. The molecule has 1 aromatic heterocycles. The van der Waals surface area contributed by atoms with E-state index < -0.39 is 6.10 Å². The summed E-state index contributed by atoms with van der Waals surface area (Å²) in [4.78, 5) is 11.8. The molecule has 1 aromatic carbocycles. The second-order valence-corrected chi connectivity index (χ2v) is 4.55. The summed E-state index contributed by atoms with van der Waals surface area (Å²) in [7, 11) is 0. The topological polar surface area (TPSA) is 75.4 Å². The maximum absolute atomic E-state index is 11.8. The highest BCUT2D eigenvalue weighted by atomic mass is 16.5. The standard InChI is InChI=1S/C14H18N2O3/c1-2-5-10(17)9-15-14(18)8-12-11-6-3-4-7-13(11)19-16-12/h3-4,6-7,10,17H,2,5,8-9H2,1H3,(H,15,18). The van der Waals surface area contributed by atoms with Crippen LogP contribution < -0.4 is 5.32 Å². The van der Waals surface area contributed by atoms with E-state index in [0.29, 0.717) is 17.7 Å². The molecule has 0 radical (unpaired) electrons. The highest BCUT2D eigenvalue weighted by molar-refractivity contribution is 5.86. The van der Waals surface area contributed by atoms with E-state index in [1.54, 1.807) is 0 Å². The summed E-state index contributed by atoms with van der Waals surface area (Å²) in [5, 5.41) is 17.0. The lowest BCUT2D eigenvalue weighted by Gasteiger charge is -2.09. The fourth-order valence-corrected chi connectivity index (χ4v) is 1.95. The molecular formula is C14H18N2O3. The first-order valence-electron chi connectivity index (χ1n) is 6.48. The van der Waals surface area contributed by atoms with Crippen molar-refractivity contribution in [3.05, 3.63) is 30.0 Å².